The summed E-state index contributed by atoms with van der Waals surface area (Å²) < 4.78 is 13.7. The molecular weight excluding hydrogens is 249 g/mol. The number of benzene rings is 1. The van der Waals surface area contributed by atoms with Gasteiger partial charge in [-0.3, -0.25) is 4.79 Å². The second kappa shape index (κ2) is 4.38. The number of H-pyrrole nitrogens is 1. The largest absolute Gasteiger partial charge is 0.507 e. The van der Waals surface area contributed by atoms with Gasteiger partial charge in [0.15, 0.2) is 0 Å². The van der Waals surface area contributed by atoms with Crippen molar-refractivity contribution in [2.24, 2.45) is 0 Å². The Balaban J connectivity index is 1.90. The minimum Gasteiger partial charge on any atom is -0.507 e. The van der Waals surface area contributed by atoms with Gasteiger partial charge in [0.05, 0.1) is 24.3 Å². The molecule has 1 aromatic heterocycles. The third kappa shape index (κ3) is 1.95. The summed E-state index contributed by atoms with van der Waals surface area (Å²) >= 11 is 0. The quantitative estimate of drug-likeness (QED) is 0.816. The first kappa shape index (κ1) is 11.7. The summed E-state index contributed by atoms with van der Waals surface area (Å²) in [7, 11) is 0. The lowest BCUT2D eigenvalue weighted by molar-refractivity contribution is 0.0724. The number of hydrogen-bond donors (Lipinski definition) is 2. The molecule has 0 spiro atoms. The maximum atomic E-state index is 13.7. The van der Waals surface area contributed by atoms with Crippen molar-refractivity contribution in [2.45, 2.75) is 13.0 Å². The number of phenols is 1. The van der Waals surface area contributed by atoms with Crippen LogP contribution >= 0.6 is 0 Å². The fraction of sp³-hybridized carbons (Fsp3) is 0.231. The van der Waals surface area contributed by atoms with Gasteiger partial charge in [-0.15, -0.1) is 0 Å². The molecule has 5 nitrogen and oxygen atoms in total. The second-order valence-corrected chi connectivity index (χ2v) is 4.44. The zero-order chi connectivity index (χ0) is 13.4. The van der Waals surface area contributed by atoms with Gasteiger partial charge in [-0.25, -0.2) is 9.37 Å². The summed E-state index contributed by atoms with van der Waals surface area (Å²) in [5.41, 5.74) is 1.52. The van der Waals surface area contributed by atoms with Gasteiger partial charge in [-0.05, 0) is 12.1 Å². The highest BCUT2D eigenvalue weighted by Crippen LogP contribution is 2.24. The Labute approximate surface area is 108 Å². The van der Waals surface area contributed by atoms with Crippen molar-refractivity contribution in [3.8, 4) is 5.75 Å². The van der Waals surface area contributed by atoms with E-state index in [0.717, 1.165) is 11.4 Å². The molecule has 98 valence electrons. The minimum absolute atomic E-state index is 0.273. The number of aromatic amines is 1. The fourth-order valence-electron chi connectivity index (χ4n) is 2.27. The highest BCUT2D eigenvalue weighted by atomic mass is 19.1. The smallest absolute Gasteiger partial charge is 0.260 e. The van der Waals surface area contributed by atoms with E-state index in [9.17, 15) is 14.3 Å². The number of amides is 1. The van der Waals surface area contributed by atoms with Crippen molar-refractivity contribution in [2.75, 3.05) is 6.54 Å². The first-order chi connectivity index (χ1) is 9.16. The first-order valence-electron chi connectivity index (χ1n) is 5.94. The molecule has 2 heterocycles. The lowest BCUT2D eigenvalue weighted by atomic mass is 10.1. The Morgan fingerprint density at radius 3 is 3.11 bits per heavy atom. The lowest BCUT2D eigenvalue weighted by Gasteiger charge is -2.26. The van der Waals surface area contributed by atoms with Crippen molar-refractivity contribution in [3.63, 3.8) is 0 Å². The molecule has 0 saturated carbocycles. The summed E-state index contributed by atoms with van der Waals surface area (Å²) in [5.74, 6) is -1.54. The highest BCUT2D eigenvalue weighted by molar-refractivity contribution is 5.97. The fourth-order valence-corrected chi connectivity index (χ4v) is 2.27. The zero-order valence-electron chi connectivity index (χ0n) is 10.1. The topological polar surface area (TPSA) is 69.2 Å². The van der Waals surface area contributed by atoms with Gasteiger partial charge in [-0.2, -0.15) is 0 Å². The number of aromatic hydroxyl groups is 1. The van der Waals surface area contributed by atoms with Gasteiger partial charge in [0.2, 0.25) is 0 Å². The van der Waals surface area contributed by atoms with E-state index in [0.29, 0.717) is 19.5 Å². The third-order valence-corrected chi connectivity index (χ3v) is 3.27. The van der Waals surface area contributed by atoms with Crippen molar-refractivity contribution < 1.29 is 14.3 Å². The Hall–Kier alpha value is -2.37. The van der Waals surface area contributed by atoms with Crippen molar-refractivity contribution >= 4 is 5.91 Å². The molecule has 1 aliphatic rings. The monoisotopic (exact) mass is 261 g/mol. The molecule has 0 unspecified atom stereocenters. The van der Waals surface area contributed by atoms with E-state index in [4.69, 9.17) is 0 Å². The number of fused-ring (bicyclic) bond motifs is 1. The number of carbonyl (C=O) groups excluding carboxylic acids is 1. The molecular formula is C13H12FN3O2. The SMILES string of the molecule is O=C(c1c(O)cccc1F)N1CCc2nc[nH]c2C1. The minimum atomic E-state index is -0.708. The first-order valence-corrected chi connectivity index (χ1v) is 5.94. The number of imidazole rings is 1. The molecule has 0 bridgehead atoms. The summed E-state index contributed by atoms with van der Waals surface area (Å²) in [6.07, 6.45) is 2.21. The molecule has 2 aromatic rings. The molecule has 2 N–H and O–H groups in total. The number of phenolic OH excluding ortho intramolecular Hbond substituents is 1. The van der Waals surface area contributed by atoms with Crippen molar-refractivity contribution in [1.29, 1.82) is 0 Å². The maximum Gasteiger partial charge on any atom is 0.260 e. The standard InChI is InChI=1S/C13H12FN3O2/c14-8-2-1-3-11(18)12(8)13(19)17-5-4-9-10(6-17)16-7-15-9/h1-3,7,18H,4-6H2,(H,15,16). The van der Waals surface area contributed by atoms with E-state index in [-0.39, 0.29) is 11.3 Å². The molecule has 3 rings (SSSR count). The molecule has 0 radical (unpaired) electrons. The number of rotatable bonds is 1. The Kier molecular flexibility index (Phi) is 2.70. The average Bonchev–Trinajstić information content (AvgIpc) is 2.85. The average molecular weight is 261 g/mol. The number of nitrogens with one attached hydrogen (secondary N) is 1. The molecule has 0 aliphatic carbocycles. The van der Waals surface area contributed by atoms with Gasteiger partial charge in [-0.1, -0.05) is 6.07 Å². The number of halogens is 1. The van der Waals surface area contributed by atoms with Crippen LogP contribution in [0.25, 0.3) is 0 Å². The summed E-state index contributed by atoms with van der Waals surface area (Å²) in [6, 6.07) is 3.84. The maximum absolute atomic E-state index is 13.7. The van der Waals surface area contributed by atoms with E-state index < -0.39 is 11.7 Å². The van der Waals surface area contributed by atoms with Crippen LogP contribution in [0, 0.1) is 5.82 Å². The Morgan fingerprint density at radius 2 is 2.32 bits per heavy atom. The predicted octanol–water partition coefficient (Wildman–Crippen LogP) is 1.45. The number of aromatic nitrogens is 2. The second-order valence-electron chi connectivity index (χ2n) is 4.44. The lowest BCUT2D eigenvalue weighted by Crippen LogP contribution is -2.36. The normalized spacial score (nSPS) is 14.3. The zero-order valence-corrected chi connectivity index (χ0v) is 10.1. The van der Waals surface area contributed by atoms with Gasteiger partial charge in [0.25, 0.3) is 5.91 Å². The van der Waals surface area contributed by atoms with Crippen LogP contribution in [0.1, 0.15) is 21.7 Å². The van der Waals surface area contributed by atoms with Gasteiger partial charge in [0, 0.05) is 13.0 Å². The van der Waals surface area contributed by atoms with Crippen LogP contribution in [-0.4, -0.2) is 32.4 Å². The van der Waals surface area contributed by atoms with Crippen LogP contribution in [0.4, 0.5) is 4.39 Å². The van der Waals surface area contributed by atoms with Crippen LogP contribution < -0.4 is 0 Å². The number of carbonyl (C=O) groups is 1. The van der Waals surface area contributed by atoms with Crippen LogP contribution in [0.2, 0.25) is 0 Å². The molecule has 19 heavy (non-hydrogen) atoms. The van der Waals surface area contributed by atoms with E-state index in [1.54, 1.807) is 6.33 Å². The van der Waals surface area contributed by atoms with E-state index in [1.807, 2.05) is 0 Å². The highest BCUT2D eigenvalue weighted by Gasteiger charge is 2.26. The molecule has 1 amide bonds. The van der Waals surface area contributed by atoms with Crippen molar-refractivity contribution in [3.05, 3.63) is 47.3 Å². The number of nitrogens with zero attached hydrogens (tertiary/aromatic N) is 2. The van der Waals surface area contributed by atoms with Crippen LogP contribution in [0.15, 0.2) is 24.5 Å². The molecule has 1 aliphatic heterocycles. The predicted molar refractivity (Wildman–Crippen MR) is 65.1 cm³/mol. The van der Waals surface area contributed by atoms with Crippen LogP contribution in [-0.2, 0) is 13.0 Å². The Bertz CT molecular complexity index is 618. The summed E-state index contributed by atoms with van der Waals surface area (Å²) in [4.78, 5) is 20.9. The van der Waals surface area contributed by atoms with Crippen molar-refractivity contribution in [1.82, 2.24) is 14.9 Å². The molecule has 0 saturated heterocycles. The summed E-state index contributed by atoms with van der Waals surface area (Å²) in [5, 5.41) is 9.64. The number of hydrogen-bond acceptors (Lipinski definition) is 3. The van der Waals surface area contributed by atoms with Crippen LogP contribution in [0.3, 0.4) is 0 Å². The van der Waals surface area contributed by atoms with E-state index in [2.05, 4.69) is 9.97 Å². The van der Waals surface area contributed by atoms with Gasteiger partial charge >= 0.3 is 0 Å². The van der Waals surface area contributed by atoms with Crippen LogP contribution in [0.5, 0.6) is 5.75 Å². The summed E-state index contributed by atoms with van der Waals surface area (Å²) in [6.45, 7) is 0.812. The Morgan fingerprint density at radius 1 is 1.47 bits per heavy atom. The third-order valence-electron chi connectivity index (χ3n) is 3.27. The molecule has 1 aromatic carbocycles. The van der Waals surface area contributed by atoms with Gasteiger partial charge in [0.1, 0.15) is 17.1 Å². The molecule has 0 fully saturated rings. The molecule has 0 atom stereocenters. The van der Waals surface area contributed by atoms with E-state index in [1.165, 1.54) is 23.1 Å². The van der Waals surface area contributed by atoms with Gasteiger partial charge < -0.3 is 15.0 Å². The van der Waals surface area contributed by atoms with E-state index >= 15 is 0 Å². The molecule has 6 heteroatoms.